The quantitative estimate of drug-likeness (QED) is 0.673. The molecule has 0 spiro atoms. The van der Waals surface area contributed by atoms with E-state index < -0.39 is 0 Å². The van der Waals surface area contributed by atoms with Gasteiger partial charge in [0.25, 0.3) is 0 Å². The molecule has 76 valence electrons. The number of nitrogens with two attached hydrogens (primary N) is 1. The van der Waals surface area contributed by atoms with Gasteiger partial charge in [-0.2, -0.15) is 0 Å². The maximum absolute atomic E-state index is 11.3. The summed E-state index contributed by atoms with van der Waals surface area (Å²) < 4.78 is 0. The maximum Gasteiger partial charge on any atom is 0.236 e. The summed E-state index contributed by atoms with van der Waals surface area (Å²) in [5, 5.41) is 2.97. The van der Waals surface area contributed by atoms with E-state index in [1.807, 2.05) is 0 Å². The third-order valence-corrected chi connectivity index (χ3v) is 2.73. The van der Waals surface area contributed by atoms with Crippen LogP contribution in [0.2, 0.25) is 0 Å². The fourth-order valence-electron chi connectivity index (χ4n) is 1.89. The van der Waals surface area contributed by atoms with Gasteiger partial charge in [-0.15, -0.1) is 0 Å². The summed E-state index contributed by atoms with van der Waals surface area (Å²) in [6.07, 6.45) is 3.35. The van der Waals surface area contributed by atoms with Gasteiger partial charge >= 0.3 is 0 Å². The van der Waals surface area contributed by atoms with Crippen LogP contribution < -0.4 is 11.1 Å². The number of carbonyl (C=O) groups is 1. The van der Waals surface area contributed by atoms with Gasteiger partial charge in [-0.3, -0.25) is 4.79 Å². The molecule has 0 aromatic heterocycles. The molecule has 0 saturated heterocycles. The molecule has 1 aliphatic rings. The molecule has 0 radical (unpaired) electrons. The number of rotatable bonds is 2. The summed E-state index contributed by atoms with van der Waals surface area (Å²) in [4.78, 5) is 11.3. The molecule has 2 unspecified atom stereocenters. The Hall–Kier alpha value is -0.570. The Kier molecular flexibility index (Phi) is 2.96. The van der Waals surface area contributed by atoms with Crippen molar-refractivity contribution in [2.75, 3.05) is 0 Å². The minimum atomic E-state index is -0.385. The average molecular weight is 184 g/mol. The van der Waals surface area contributed by atoms with E-state index in [0.717, 1.165) is 12.8 Å². The van der Waals surface area contributed by atoms with E-state index in [1.54, 1.807) is 6.92 Å². The van der Waals surface area contributed by atoms with E-state index in [4.69, 9.17) is 5.73 Å². The molecular weight excluding hydrogens is 164 g/mol. The molecule has 1 aliphatic carbocycles. The zero-order valence-electron chi connectivity index (χ0n) is 8.76. The first-order valence-electron chi connectivity index (χ1n) is 4.97. The van der Waals surface area contributed by atoms with Crippen LogP contribution in [0.4, 0.5) is 0 Å². The molecule has 2 atom stereocenters. The fraction of sp³-hybridized carbons (Fsp3) is 0.900. The molecule has 13 heavy (non-hydrogen) atoms. The SMILES string of the molecule is CC(N)C(=O)NC1CCC(C)(C)C1. The van der Waals surface area contributed by atoms with Crippen molar-refractivity contribution in [2.24, 2.45) is 11.1 Å². The molecule has 0 aromatic rings. The van der Waals surface area contributed by atoms with Crippen LogP contribution in [0.3, 0.4) is 0 Å². The molecule has 0 aromatic carbocycles. The molecule has 0 heterocycles. The lowest BCUT2D eigenvalue weighted by molar-refractivity contribution is -0.122. The number of amides is 1. The summed E-state index contributed by atoms with van der Waals surface area (Å²) >= 11 is 0. The smallest absolute Gasteiger partial charge is 0.236 e. The zero-order valence-corrected chi connectivity index (χ0v) is 8.76. The van der Waals surface area contributed by atoms with Crippen molar-refractivity contribution in [3.05, 3.63) is 0 Å². The normalized spacial score (nSPS) is 28.5. The standard InChI is InChI=1S/C10H20N2O/c1-7(11)9(13)12-8-4-5-10(2,3)6-8/h7-8H,4-6,11H2,1-3H3,(H,12,13). The lowest BCUT2D eigenvalue weighted by Gasteiger charge is -2.18. The van der Waals surface area contributed by atoms with Gasteiger partial charge in [0.05, 0.1) is 6.04 Å². The summed E-state index contributed by atoms with van der Waals surface area (Å²) in [5.41, 5.74) is 5.85. The third-order valence-electron chi connectivity index (χ3n) is 2.73. The molecule has 0 bridgehead atoms. The van der Waals surface area contributed by atoms with Crippen LogP contribution in [0.25, 0.3) is 0 Å². The number of nitrogens with one attached hydrogen (secondary N) is 1. The predicted octanol–water partition coefficient (Wildman–Crippen LogP) is 1.03. The lowest BCUT2D eigenvalue weighted by Crippen LogP contribution is -2.43. The van der Waals surface area contributed by atoms with E-state index in [0.29, 0.717) is 11.5 Å². The van der Waals surface area contributed by atoms with Gasteiger partial charge in [0.15, 0.2) is 0 Å². The van der Waals surface area contributed by atoms with Crippen LogP contribution in [-0.4, -0.2) is 18.0 Å². The number of hydrogen-bond donors (Lipinski definition) is 2. The van der Waals surface area contributed by atoms with Gasteiger partial charge in [-0.1, -0.05) is 13.8 Å². The van der Waals surface area contributed by atoms with E-state index >= 15 is 0 Å². The highest BCUT2D eigenvalue weighted by molar-refractivity contribution is 5.81. The molecule has 1 rings (SSSR count). The molecule has 1 amide bonds. The van der Waals surface area contributed by atoms with E-state index in [1.165, 1.54) is 6.42 Å². The Morgan fingerprint density at radius 3 is 2.62 bits per heavy atom. The highest BCUT2D eigenvalue weighted by Gasteiger charge is 2.31. The van der Waals surface area contributed by atoms with Crippen LogP contribution in [0.5, 0.6) is 0 Å². The van der Waals surface area contributed by atoms with Gasteiger partial charge in [-0.05, 0) is 31.6 Å². The van der Waals surface area contributed by atoms with E-state index in [9.17, 15) is 4.79 Å². The van der Waals surface area contributed by atoms with Crippen molar-refractivity contribution >= 4 is 5.91 Å². The molecule has 3 N–H and O–H groups in total. The van der Waals surface area contributed by atoms with E-state index in [2.05, 4.69) is 19.2 Å². The topological polar surface area (TPSA) is 55.1 Å². The van der Waals surface area contributed by atoms with Crippen molar-refractivity contribution in [1.29, 1.82) is 0 Å². The molecular formula is C10H20N2O. The second-order valence-electron chi connectivity index (χ2n) is 4.90. The summed E-state index contributed by atoms with van der Waals surface area (Å²) in [6.45, 7) is 6.20. The van der Waals surface area contributed by atoms with Crippen molar-refractivity contribution in [3.8, 4) is 0 Å². The van der Waals surface area contributed by atoms with Crippen molar-refractivity contribution in [2.45, 2.75) is 52.1 Å². The number of carbonyl (C=O) groups excluding carboxylic acids is 1. The van der Waals surface area contributed by atoms with Crippen LogP contribution in [0.1, 0.15) is 40.0 Å². The predicted molar refractivity (Wildman–Crippen MR) is 53.2 cm³/mol. The Morgan fingerprint density at radius 2 is 2.23 bits per heavy atom. The monoisotopic (exact) mass is 184 g/mol. The van der Waals surface area contributed by atoms with Crippen LogP contribution in [-0.2, 0) is 4.79 Å². The number of hydrogen-bond acceptors (Lipinski definition) is 2. The van der Waals surface area contributed by atoms with Gasteiger partial charge in [0, 0.05) is 6.04 Å². The fourth-order valence-corrected chi connectivity index (χ4v) is 1.89. The van der Waals surface area contributed by atoms with Crippen LogP contribution in [0, 0.1) is 5.41 Å². The largest absolute Gasteiger partial charge is 0.352 e. The van der Waals surface area contributed by atoms with Gasteiger partial charge < -0.3 is 11.1 Å². The first kappa shape index (κ1) is 10.5. The molecule has 0 aliphatic heterocycles. The molecule has 3 nitrogen and oxygen atoms in total. The maximum atomic E-state index is 11.3. The van der Waals surface area contributed by atoms with Crippen LogP contribution in [0.15, 0.2) is 0 Å². The average Bonchev–Trinajstić information content (AvgIpc) is 2.30. The van der Waals surface area contributed by atoms with Gasteiger partial charge in [-0.25, -0.2) is 0 Å². The molecule has 1 saturated carbocycles. The first-order chi connectivity index (χ1) is 5.91. The van der Waals surface area contributed by atoms with Crippen molar-refractivity contribution < 1.29 is 4.79 Å². The summed E-state index contributed by atoms with van der Waals surface area (Å²) in [6, 6.07) is -0.0442. The highest BCUT2D eigenvalue weighted by atomic mass is 16.2. The van der Waals surface area contributed by atoms with Gasteiger partial charge in [0.1, 0.15) is 0 Å². The second kappa shape index (κ2) is 3.66. The van der Waals surface area contributed by atoms with Crippen LogP contribution >= 0.6 is 0 Å². The minimum absolute atomic E-state index is 0.0253. The Bertz CT molecular complexity index is 199. The molecule has 3 heteroatoms. The first-order valence-corrected chi connectivity index (χ1v) is 4.97. The lowest BCUT2D eigenvalue weighted by atomic mass is 9.92. The van der Waals surface area contributed by atoms with E-state index in [-0.39, 0.29) is 11.9 Å². The third kappa shape index (κ3) is 2.99. The highest BCUT2D eigenvalue weighted by Crippen LogP contribution is 2.36. The summed E-state index contributed by atoms with van der Waals surface area (Å²) in [5.74, 6) is -0.0253. The zero-order chi connectivity index (χ0) is 10.1. The molecule has 1 fully saturated rings. The minimum Gasteiger partial charge on any atom is -0.352 e. The summed E-state index contributed by atoms with van der Waals surface area (Å²) in [7, 11) is 0. The Balaban J connectivity index is 2.37. The van der Waals surface area contributed by atoms with Crippen molar-refractivity contribution in [1.82, 2.24) is 5.32 Å². The second-order valence-corrected chi connectivity index (χ2v) is 4.90. The van der Waals surface area contributed by atoms with Gasteiger partial charge in [0.2, 0.25) is 5.91 Å². The Morgan fingerprint density at radius 1 is 1.62 bits per heavy atom. The Labute approximate surface area is 80.1 Å². The van der Waals surface area contributed by atoms with Crippen molar-refractivity contribution in [3.63, 3.8) is 0 Å².